The minimum atomic E-state index is -4.48. The highest BCUT2D eigenvalue weighted by atomic mass is 19.4. The number of aliphatic hydroxyl groups is 1. The van der Waals surface area contributed by atoms with E-state index in [4.69, 9.17) is 9.47 Å². The van der Waals surface area contributed by atoms with Gasteiger partial charge in [-0.25, -0.2) is 0 Å². The summed E-state index contributed by atoms with van der Waals surface area (Å²) >= 11 is 0. The van der Waals surface area contributed by atoms with Gasteiger partial charge in [0.25, 0.3) is 5.91 Å². The van der Waals surface area contributed by atoms with Crippen LogP contribution in [0.5, 0.6) is 11.5 Å². The number of aliphatic hydroxyl groups excluding tert-OH is 1. The monoisotopic (exact) mass is 435 g/mol. The lowest BCUT2D eigenvalue weighted by Gasteiger charge is -2.14. The molecule has 0 saturated carbocycles. The van der Waals surface area contributed by atoms with Crippen LogP contribution in [0, 0.1) is 11.8 Å². The second kappa shape index (κ2) is 11.3. The Balaban J connectivity index is 1.89. The number of alkyl halides is 3. The third-order valence-corrected chi connectivity index (χ3v) is 4.34. The zero-order chi connectivity index (χ0) is 22.9. The zero-order valence-electron chi connectivity index (χ0n) is 17.3. The molecule has 1 amide bonds. The summed E-state index contributed by atoms with van der Waals surface area (Å²) in [4.78, 5) is 12.1. The molecule has 0 spiro atoms. The van der Waals surface area contributed by atoms with E-state index in [0.29, 0.717) is 17.9 Å². The molecule has 2 N–H and O–H groups in total. The van der Waals surface area contributed by atoms with Crippen LogP contribution in [-0.2, 0) is 17.4 Å². The Hall–Kier alpha value is -3.18. The van der Waals surface area contributed by atoms with Crippen molar-refractivity contribution in [1.82, 2.24) is 5.32 Å². The molecule has 0 bridgehead atoms. The molecular formula is C23H24F3NO4. The van der Waals surface area contributed by atoms with E-state index in [-0.39, 0.29) is 18.7 Å². The normalized spacial score (nSPS) is 11.8. The van der Waals surface area contributed by atoms with Crippen LogP contribution in [0.2, 0.25) is 0 Å². The van der Waals surface area contributed by atoms with E-state index in [1.807, 2.05) is 13.0 Å². The van der Waals surface area contributed by atoms with Crippen molar-refractivity contribution in [2.75, 3.05) is 20.3 Å². The number of ether oxygens (including phenoxy) is 2. The topological polar surface area (TPSA) is 67.8 Å². The number of methoxy groups -OCH3 is 1. The van der Waals surface area contributed by atoms with Crippen LogP contribution in [0.1, 0.15) is 36.1 Å². The smallest absolute Gasteiger partial charge is 0.416 e. The van der Waals surface area contributed by atoms with Crippen molar-refractivity contribution in [3.63, 3.8) is 0 Å². The molecule has 166 valence electrons. The first-order valence-corrected chi connectivity index (χ1v) is 9.64. The fourth-order valence-corrected chi connectivity index (χ4v) is 2.71. The van der Waals surface area contributed by atoms with Crippen LogP contribution >= 0.6 is 0 Å². The Morgan fingerprint density at radius 3 is 2.45 bits per heavy atom. The average Bonchev–Trinajstić information content (AvgIpc) is 2.76. The largest absolute Gasteiger partial charge is 0.493 e. The molecule has 2 aromatic carbocycles. The number of carbonyl (C=O) groups excluding carboxylic acids is 1. The highest BCUT2D eigenvalue weighted by Gasteiger charge is 2.30. The van der Waals surface area contributed by atoms with E-state index in [1.54, 1.807) is 12.1 Å². The highest BCUT2D eigenvalue weighted by molar-refractivity contribution is 5.81. The van der Waals surface area contributed by atoms with E-state index in [9.17, 15) is 23.1 Å². The predicted molar refractivity (Wildman–Crippen MR) is 110 cm³/mol. The van der Waals surface area contributed by atoms with Gasteiger partial charge in [0.1, 0.15) is 6.61 Å². The molecule has 0 heterocycles. The van der Waals surface area contributed by atoms with Crippen LogP contribution in [-0.4, -0.2) is 31.3 Å². The minimum absolute atomic E-state index is 0.0832. The summed E-state index contributed by atoms with van der Waals surface area (Å²) in [6.45, 7) is 2.42. The molecule has 0 aliphatic heterocycles. The van der Waals surface area contributed by atoms with Crippen LogP contribution in [0.25, 0.3) is 0 Å². The van der Waals surface area contributed by atoms with Gasteiger partial charge in [0.05, 0.1) is 12.7 Å². The summed E-state index contributed by atoms with van der Waals surface area (Å²) < 4.78 is 48.7. The van der Waals surface area contributed by atoms with Gasteiger partial charge in [-0.3, -0.25) is 4.79 Å². The third-order valence-electron chi connectivity index (χ3n) is 4.34. The maximum Gasteiger partial charge on any atom is 0.416 e. The molecule has 0 aliphatic carbocycles. The van der Waals surface area contributed by atoms with Gasteiger partial charge in [0.15, 0.2) is 17.6 Å². The minimum Gasteiger partial charge on any atom is -0.493 e. The number of benzene rings is 2. The van der Waals surface area contributed by atoms with Crippen molar-refractivity contribution in [1.29, 1.82) is 0 Å². The van der Waals surface area contributed by atoms with Gasteiger partial charge < -0.3 is 19.9 Å². The molecule has 5 nitrogen and oxygen atoms in total. The maximum absolute atomic E-state index is 12.6. The van der Waals surface area contributed by atoms with Crippen LogP contribution in [0.15, 0.2) is 42.5 Å². The number of hydrogen-bond donors (Lipinski definition) is 2. The van der Waals surface area contributed by atoms with E-state index >= 15 is 0 Å². The summed E-state index contributed by atoms with van der Waals surface area (Å²) in [6, 6.07) is 9.18. The zero-order valence-corrected chi connectivity index (χ0v) is 17.3. The van der Waals surface area contributed by atoms with Crippen LogP contribution in [0.4, 0.5) is 13.2 Å². The maximum atomic E-state index is 12.6. The lowest BCUT2D eigenvalue weighted by Crippen LogP contribution is -2.31. The third kappa shape index (κ3) is 7.23. The van der Waals surface area contributed by atoms with Gasteiger partial charge in [-0.05, 0) is 41.8 Å². The molecule has 1 unspecified atom stereocenters. The summed E-state index contributed by atoms with van der Waals surface area (Å²) in [6.07, 6.45) is -4.83. The molecule has 31 heavy (non-hydrogen) atoms. The number of rotatable bonds is 8. The van der Waals surface area contributed by atoms with Crippen LogP contribution < -0.4 is 14.8 Å². The fraction of sp³-hybridized carbons (Fsp3) is 0.348. The lowest BCUT2D eigenvalue weighted by atomic mass is 10.1. The Bertz CT molecular complexity index is 931. The fourth-order valence-electron chi connectivity index (χ4n) is 2.71. The summed E-state index contributed by atoms with van der Waals surface area (Å²) in [5.74, 6) is 6.18. The number of carbonyl (C=O) groups is 1. The average molecular weight is 435 g/mol. The molecule has 1 atom stereocenters. The second-order valence-corrected chi connectivity index (χ2v) is 6.54. The Morgan fingerprint density at radius 2 is 1.84 bits per heavy atom. The first-order valence-electron chi connectivity index (χ1n) is 9.64. The Kier molecular flexibility index (Phi) is 8.76. The SMILES string of the molecule is CCC#CCOc1ccc(CCNC(=O)C(O)c2ccc(C(F)(F)F)cc2)cc1OC. The van der Waals surface area contributed by atoms with Crippen molar-refractivity contribution in [2.45, 2.75) is 32.0 Å². The van der Waals surface area contributed by atoms with Crippen molar-refractivity contribution < 1.29 is 32.5 Å². The number of amides is 1. The van der Waals surface area contributed by atoms with Crippen molar-refractivity contribution in [2.24, 2.45) is 0 Å². The number of nitrogens with one attached hydrogen (secondary N) is 1. The molecule has 0 radical (unpaired) electrons. The van der Waals surface area contributed by atoms with Gasteiger partial charge in [-0.2, -0.15) is 13.2 Å². The van der Waals surface area contributed by atoms with E-state index in [1.165, 1.54) is 7.11 Å². The highest BCUT2D eigenvalue weighted by Crippen LogP contribution is 2.30. The number of hydrogen-bond acceptors (Lipinski definition) is 4. The number of halogens is 3. The van der Waals surface area contributed by atoms with E-state index in [2.05, 4.69) is 17.2 Å². The molecule has 0 aromatic heterocycles. The molecule has 8 heteroatoms. The van der Waals surface area contributed by atoms with Crippen LogP contribution in [0.3, 0.4) is 0 Å². The molecular weight excluding hydrogens is 411 g/mol. The Labute approximate surface area is 179 Å². The quantitative estimate of drug-likeness (QED) is 0.618. The standard InChI is InChI=1S/C23H24F3NO4/c1-3-4-5-14-31-19-11-6-16(15-20(19)30-2)12-13-27-22(29)21(28)17-7-9-18(10-8-17)23(24,25)26/h6-11,15,21,28H,3,12-14H2,1-2H3,(H,27,29). The Morgan fingerprint density at radius 1 is 1.13 bits per heavy atom. The molecule has 0 aliphatic rings. The first kappa shape index (κ1) is 24.1. The van der Waals surface area contributed by atoms with Gasteiger partial charge in [-0.1, -0.05) is 31.0 Å². The molecule has 0 saturated heterocycles. The van der Waals surface area contributed by atoms with E-state index in [0.717, 1.165) is 36.2 Å². The van der Waals surface area contributed by atoms with Gasteiger partial charge >= 0.3 is 6.18 Å². The predicted octanol–water partition coefficient (Wildman–Crippen LogP) is 3.90. The van der Waals surface area contributed by atoms with Gasteiger partial charge in [-0.15, -0.1) is 5.92 Å². The summed E-state index contributed by atoms with van der Waals surface area (Å²) in [7, 11) is 1.52. The van der Waals surface area contributed by atoms with Crippen molar-refractivity contribution in [3.05, 3.63) is 59.2 Å². The first-order chi connectivity index (χ1) is 14.8. The van der Waals surface area contributed by atoms with Crippen molar-refractivity contribution >= 4 is 5.91 Å². The molecule has 0 fully saturated rings. The summed E-state index contributed by atoms with van der Waals surface area (Å²) in [5.41, 5.74) is 0.107. The second-order valence-electron chi connectivity index (χ2n) is 6.54. The van der Waals surface area contributed by atoms with Gasteiger partial charge in [0, 0.05) is 13.0 Å². The van der Waals surface area contributed by atoms with Gasteiger partial charge in [0.2, 0.25) is 0 Å². The molecule has 2 rings (SSSR count). The van der Waals surface area contributed by atoms with Crippen molar-refractivity contribution in [3.8, 4) is 23.3 Å². The summed E-state index contributed by atoms with van der Waals surface area (Å²) in [5, 5.41) is 12.7. The molecule has 2 aromatic rings. The lowest BCUT2D eigenvalue weighted by molar-refractivity contribution is -0.137. The van der Waals surface area contributed by atoms with E-state index < -0.39 is 23.8 Å².